The molecule has 8 heteroatoms. The van der Waals surface area contributed by atoms with Crippen molar-refractivity contribution in [3.63, 3.8) is 0 Å². The van der Waals surface area contributed by atoms with Gasteiger partial charge in [0, 0.05) is 6.61 Å². The Morgan fingerprint density at radius 3 is 3.27 bits per heavy atom. The fourth-order valence-electron chi connectivity index (χ4n) is 3.23. The number of rotatable bonds is 1. The van der Waals surface area contributed by atoms with Crippen LogP contribution in [0.4, 0.5) is 9.93 Å². The summed E-state index contributed by atoms with van der Waals surface area (Å²) in [7, 11) is 0. The van der Waals surface area contributed by atoms with Crippen LogP contribution in [-0.4, -0.2) is 43.1 Å². The molecule has 2 atom stereocenters. The SMILES string of the molecule is O=C1N[C@H]2COCC[C@H]2N1c1nc2c3c(ccc2s1)OCO3. The van der Waals surface area contributed by atoms with Gasteiger partial charge in [-0.1, -0.05) is 11.3 Å². The standard InChI is InChI=1S/C14H13N3O4S/c18-13-15-7-5-19-4-3-8(7)17(13)14-16-11-10(22-14)2-1-9-12(11)21-6-20-9/h1-2,7-8H,3-6H2,(H,15,18)/t7-,8+/m0/s1. The first kappa shape index (κ1) is 12.5. The summed E-state index contributed by atoms with van der Waals surface area (Å²) in [6.45, 7) is 1.45. The Kier molecular flexibility index (Phi) is 2.53. The summed E-state index contributed by atoms with van der Waals surface area (Å²) in [5.74, 6) is 1.38. The average molecular weight is 319 g/mol. The molecule has 1 aromatic carbocycles. The van der Waals surface area contributed by atoms with Gasteiger partial charge >= 0.3 is 6.03 Å². The van der Waals surface area contributed by atoms with Gasteiger partial charge in [-0.15, -0.1) is 0 Å². The van der Waals surface area contributed by atoms with Crippen LogP contribution in [0.15, 0.2) is 12.1 Å². The Bertz CT molecular complexity index is 777. The summed E-state index contributed by atoms with van der Waals surface area (Å²) < 4.78 is 17.3. The summed E-state index contributed by atoms with van der Waals surface area (Å²) >= 11 is 1.50. The van der Waals surface area contributed by atoms with Gasteiger partial charge in [0.1, 0.15) is 5.52 Å². The Morgan fingerprint density at radius 2 is 2.32 bits per heavy atom. The number of hydrogen-bond acceptors (Lipinski definition) is 6. The molecule has 0 aliphatic carbocycles. The van der Waals surface area contributed by atoms with Gasteiger partial charge in [-0.05, 0) is 18.6 Å². The molecule has 0 radical (unpaired) electrons. The first-order valence-electron chi connectivity index (χ1n) is 7.18. The molecule has 22 heavy (non-hydrogen) atoms. The van der Waals surface area contributed by atoms with E-state index in [1.54, 1.807) is 4.90 Å². The number of benzene rings is 1. The van der Waals surface area contributed by atoms with Gasteiger partial charge in [0.2, 0.25) is 6.79 Å². The third-order valence-corrected chi connectivity index (χ3v) is 5.29. The van der Waals surface area contributed by atoms with Gasteiger partial charge in [-0.3, -0.25) is 4.90 Å². The molecule has 1 aromatic heterocycles. The Balaban J connectivity index is 1.60. The molecule has 7 nitrogen and oxygen atoms in total. The molecule has 3 aliphatic rings. The number of thiazole rings is 1. The van der Waals surface area contributed by atoms with E-state index < -0.39 is 0 Å². The van der Waals surface area contributed by atoms with Gasteiger partial charge in [0.05, 0.1) is 23.4 Å². The minimum atomic E-state index is -0.103. The largest absolute Gasteiger partial charge is 0.454 e. The Hall–Kier alpha value is -2.06. The molecular weight excluding hydrogens is 306 g/mol. The van der Waals surface area contributed by atoms with E-state index >= 15 is 0 Å². The molecule has 0 unspecified atom stereocenters. The fraction of sp³-hybridized carbons (Fsp3) is 0.429. The van der Waals surface area contributed by atoms with Crippen molar-refractivity contribution in [1.82, 2.24) is 10.3 Å². The van der Waals surface area contributed by atoms with Crippen LogP contribution in [0, 0.1) is 0 Å². The highest BCUT2D eigenvalue weighted by molar-refractivity contribution is 7.22. The lowest BCUT2D eigenvalue weighted by molar-refractivity contribution is 0.0717. The van der Waals surface area contributed by atoms with Crippen LogP contribution in [0.1, 0.15) is 6.42 Å². The van der Waals surface area contributed by atoms with Crippen molar-refractivity contribution in [1.29, 1.82) is 0 Å². The van der Waals surface area contributed by atoms with E-state index in [1.165, 1.54) is 11.3 Å². The van der Waals surface area contributed by atoms with Crippen molar-refractivity contribution >= 4 is 32.7 Å². The van der Waals surface area contributed by atoms with Crippen molar-refractivity contribution in [2.45, 2.75) is 18.5 Å². The number of aromatic nitrogens is 1. The number of carbonyl (C=O) groups is 1. The predicted molar refractivity (Wildman–Crippen MR) is 79.8 cm³/mol. The number of nitrogens with zero attached hydrogens (tertiary/aromatic N) is 2. The summed E-state index contributed by atoms with van der Waals surface area (Å²) in [5, 5.41) is 3.67. The molecule has 0 bridgehead atoms. The maximum atomic E-state index is 12.3. The molecule has 2 aromatic rings. The molecule has 2 saturated heterocycles. The average Bonchev–Trinajstić information content (AvgIpc) is 3.20. The van der Waals surface area contributed by atoms with Crippen LogP contribution in [0.5, 0.6) is 11.5 Å². The number of ether oxygens (including phenoxy) is 3. The molecule has 2 fully saturated rings. The molecular formula is C14H13N3O4S. The van der Waals surface area contributed by atoms with E-state index in [-0.39, 0.29) is 24.9 Å². The lowest BCUT2D eigenvalue weighted by Gasteiger charge is -2.28. The first-order chi connectivity index (χ1) is 10.8. The maximum Gasteiger partial charge on any atom is 0.324 e. The molecule has 114 valence electrons. The van der Waals surface area contributed by atoms with Crippen LogP contribution in [0.25, 0.3) is 10.2 Å². The Morgan fingerprint density at radius 1 is 1.36 bits per heavy atom. The van der Waals surface area contributed by atoms with Gasteiger partial charge in [0.25, 0.3) is 0 Å². The molecule has 3 aliphatic heterocycles. The van der Waals surface area contributed by atoms with Crippen molar-refractivity contribution in [3.8, 4) is 11.5 Å². The normalized spacial score (nSPS) is 26.4. The minimum Gasteiger partial charge on any atom is -0.454 e. The number of carbonyl (C=O) groups excluding carboxylic acids is 1. The number of hydrogen-bond donors (Lipinski definition) is 1. The van der Waals surface area contributed by atoms with E-state index in [0.717, 1.165) is 16.6 Å². The summed E-state index contributed by atoms with van der Waals surface area (Å²) in [4.78, 5) is 18.7. The highest BCUT2D eigenvalue weighted by Crippen LogP contribution is 2.43. The number of anilines is 1. The molecule has 0 saturated carbocycles. The lowest BCUT2D eigenvalue weighted by atomic mass is 10.1. The monoisotopic (exact) mass is 319 g/mol. The van der Waals surface area contributed by atoms with E-state index in [2.05, 4.69) is 10.3 Å². The van der Waals surface area contributed by atoms with Crippen LogP contribution in [0.3, 0.4) is 0 Å². The summed E-state index contributed by atoms with van der Waals surface area (Å²) in [6, 6.07) is 3.88. The van der Waals surface area contributed by atoms with Gasteiger partial charge in [0.15, 0.2) is 16.6 Å². The maximum absolute atomic E-state index is 12.3. The van der Waals surface area contributed by atoms with E-state index in [4.69, 9.17) is 14.2 Å². The molecule has 5 rings (SSSR count). The molecule has 0 spiro atoms. The van der Waals surface area contributed by atoms with Crippen molar-refractivity contribution in [2.24, 2.45) is 0 Å². The molecule has 1 N–H and O–H groups in total. The highest BCUT2D eigenvalue weighted by atomic mass is 32.1. The van der Waals surface area contributed by atoms with Crippen LogP contribution < -0.4 is 19.7 Å². The second-order valence-corrected chi connectivity index (χ2v) is 6.51. The zero-order valence-electron chi connectivity index (χ0n) is 11.6. The highest BCUT2D eigenvalue weighted by Gasteiger charge is 2.43. The van der Waals surface area contributed by atoms with Crippen molar-refractivity contribution in [3.05, 3.63) is 12.1 Å². The van der Waals surface area contributed by atoms with Gasteiger partial charge < -0.3 is 19.5 Å². The quantitative estimate of drug-likeness (QED) is 0.866. The number of nitrogens with one attached hydrogen (secondary N) is 1. The molecule has 4 heterocycles. The second kappa shape index (κ2) is 4.47. The van der Waals surface area contributed by atoms with Crippen LogP contribution >= 0.6 is 11.3 Å². The molecule has 2 amide bonds. The zero-order valence-corrected chi connectivity index (χ0v) is 12.4. The summed E-state index contributed by atoms with van der Waals surface area (Å²) in [5.41, 5.74) is 0.762. The Labute approximate surface area is 129 Å². The van der Waals surface area contributed by atoms with Crippen LogP contribution in [-0.2, 0) is 4.74 Å². The first-order valence-corrected chi connectivity index (χ1v) is 7.99. The lowest BCUT2D eigenvalue weighted by Crippen LogP contribution is -2.43. The summed E-state index contributed by atoms with van der Waals surface area (Å²) in [6.07, 6.45) is 0.817. The third kappa shape index (κ3) is 1.65. The van der Waals surface area contributed by atoms with Crippen molar-refractivity contribution in [2.75, 3.05) is 24.9 Å². The van der Waals surface area contributed by atoms with Crippen LogP contribution in [0.2, 0.25) is 0 Å². The third-order valence-electron chi connectivity index (χ3n) is 4.27. The number of amides is 2. The predicted octanol–water partition coefficient (Wildman–Crippen LogP) is 1.71. The van der Waals surface area contributed by atoms with E-state index in [1.807, 2.05) is 12.1 Å². The van der Waals surface area contributed by atoms with E-state index in [9.17, 15) is 4.79 Å². The van der Waals surface area contributed by atoms with Gasteiger partial charge in [-0.25, -0.2) is 9.78 Å². The zero-order chi connectivity index (χ0) is 14.7. The van der Waals surface area contributed by atoms with Gasteiger partial charge in [-0.2, -0.15) is 0 Å². The number of fused-ring (bicyclic) bond motifs is 4. The van der Waals surface area contributed by atoms with E-state index in [0.29, 0.717) is 29.8 Å². The minimum absolute atomic E-state index is 0.0403. The smallest absolute Gasteiger partial charge is 0.324 e. The van der Waals surface area contributed by atoms with Crippen molar-refractivity contribution < 1.29 is 19.0 Å². The fourth-order valence-corrected chi connectivity index (χ4v) is 4.25. The topological polar surface area (TPSA) is 72.9 Å². The second-order valence-electron chi connectivity index (χ2n) is 5.50. The number of urea groups is 1.